The molecule has 3 N–H and O–H groups in total. The third-order valence-electron chi connectivity index (χ3n) is 1.65. The molecule has 1 atom stereocenters. The summed E-state index contributed by atoms with van der Waals surface area (Å²) in [4.78, 5) is 20.9. The topological polar surface area (TPSA) is 78.4 Å². The van der Waals surface area contributed by atoms with Gasteiger partial charge < -0.3 is 15.7 Å². The van der Waals surface area contributed by atoms with Gasteiger partial charge in [-0.1, -0.05) is 0 Å². The van der Waals surface area contributed by atoms with Crippen molar-refractivity contribution in [2.75, 3.05) is 13.1 Å². The summed E-state index contributed by atoms with van der Waals surface area (Å²) >= 11 is 0. The van der Waals surface area contributed by atoms with E-state index in [2.05, 4.69) is 10.6 Å². The largest absolute Gasteiger partial charge is 0.392 e. The van der Waals surface area contributed by atoms with Crippen molar-refractivity contribution < 1.29 is 14.7 Å². The first-order chi connectivity index (χ1) is 6.66. The molecular weight excluding hydrogens is 184 g/mol. The molecule has 0 radical (unpaired) electrons. The summed E-state index contributed by atoms with van der Waals surface area (Å²) in [5.41, 5.74) is 0. The Bertz CT molecular complexity index is 171. The molecule has 2 amide bonds. The van der Waals surface area contributed by atoms with Crippen molar-refractivity contribution in [3.63, 3.8) is 0 Å². The molecule has 14 heavy (non-hydrogen) atoms. The maximum absolute atomic E-state index is 11.1. The lowest BCUT2D eigenvalue weighted by Gasteiger charge is -2.06. The predicted octanol–water partition coefficient (Wildman–Crippen LogP) is -0.600. The van der Waals surface area contributed by atoms with Crippen LogP contribution in [0.1, 0.15) is 26.2 Å². The molecule has 0 aliphatic heterocycles. The Morgan fingerprint density at radius 3 is 2.79 bits per heavy atom. The van der Waals surface area contributed by atoms with Crippen molar-refractivity contribution in [1.29, 1.82) is 0 Å². The Kier molecular flexibility index (Phi) is 7.83. The van der Waals surface area contributed by atoms with Crippen LogP contribution >= 0.6 is 0 Å². The molecule has 5 heteroatoms. The summed E-state index contributed by atoms with van der Waals surface area (Å²) in [7, 11) is 0. The van der Waals surface area contributed by atoms with Gasteiger partial charge in [0.2, 0.25) is 12.3 Å². The fraction of sp³-hybridized carbons (Fsp3) is 0.778. The van der Waals surface area contributed by atoms with E-state index in [1.54, 1.807) is 6.92 Å². The van der Waals surface area contributed by atoms with Crippen molar-refractivity contribution in [2.45, 2.75) is 32.3 Å². The zero-order valence-electron chi connectivity index (χ0n) is 8.45. The van der Waals surface area contributed by atoms with E-state index in [-0.39, 0.29) is 5.91 Å². The molecule has 0 fully saturated rings. The number of rotatable bonds is 8. The van der Waals surface area contributed by atoms with E-state index >= 15 is 0 Å². The van der Waals surface area contributed by atoms with Crippen LogP contribution < -0.4 is 10.6 Å². The monoisotopic (exact) mass is 202 g/mol. The molecule has 0 rings (SSSR count). The van der Waals surface area contributed by atoms with Crippen LogP contribution in [0.5, 0.6) is 0 Å². The molecule has 5 nitrogen and oxygen atoms in total. The summed E-state index contributed by atoms with van der Waals surface area (Å²) in [6, 6.07) is 0. The van der Waals surface area contributed by atoms with E-state index < -0.39 is 6.10 Å². The Morgan fingerprint density at radius 2 is 2.21 bits per heavy atom. The minimum Gasteiger partial charge on any atom is -0.392 e. The van der Waals surface area contributed by atoms with Gasteiger partial charge in [0.05, 0.1) is 6.10 Å². The second-order valence-corrected chi connectivity index (χ2v) is 3.18. The number of nitrogens with one attached hydrogen (secondary N) is 2. The Labute approximate surface area is 83.9 Å². The van der Waals surface area contributed by atoms with E-state index in [4.69, 9.17) is 5.11 Å². The lowest BCUT2D eigenvalue weighted by atomic mass is 10.2. The first kappa shape index (κ1) is 12.9. The average molecular weight is 202 g/mol. The molecule has 82 valence electrons. The number of aliphatic hydroxyl groups is 1. The van der Waals surface area contributed by atoms with E-state index in [9.17, 15) is 9.59 Å². The second kappa shape index (κ2) is 8.50. The minimum absolute atomic E-state index is 0.0583. The first-order valence-electron chi connectivity index (χ1n) is 4.78. The van der Waals surface area contributed by atoms with Crippen LogP contribution in [0, 0.1) is 0 Å². The van der Waals surface area contributed by atoms with Crippen molar-refractivity contribution in [1.82, 2.24) is 10.6 Å². The zero-order valence-corrected chi connectivity index (χ0v) is 8.45. The lowest BCUT2D eigenvalue weighted by molar-refractivity contribution is -0.121. The molecule has 0 aromatic heterocycles. The van der Waals surface area contributed by atoms with Gasteiger partial charge in [0.1, 0.15) is 0 Å². The number of amides is 2. The van der Waals surface area contributed by atoms with Gasteiger partial charge in [0.25, 0.3) is 0 Å². The van der Waals surface area contributed by atoms with Crippen LogP contribution in [0.4, 0.5) is 0 Å². The van der Waals surface area contributed by atoms with Gasteiger partial charge in [-0.15, -0.1) is 0 Å². The minimum atomic E-state index is -0.504. The third kappa shape index (κ3) is 8.99. The van der Waals surface area contributed by atoms with E-state index in [1.165, 1.54) is 0 Å². The van der Waals surface area contributed by atoms with Gasteiger partial charge in [-0.2, -0.15) is 0 Å². The highest BCUT2D eigenvalue weighted by atomic mass is 16.3. The Hall–Kier alpha value is -1.10. The molecule has 1 unspecified atom stereocenters. The molecular formula is C9H18N2O3. The van der Waals surface area contributed by atoms with E-state index in [0.717, 1.165) is 12.8 Å². The Morgan fingerprint density at radius 1 is 1.50 bits per heavy atom. The summed E-state index contributed by atoms with van der Waals surface area (Å²) in [5, 5.41) is 14.0. The van der Waals surface area contributed by atoms with Crippen LogP contribution in [0.15, 0.2) is 0 Å². The van der Waals surface area contributed by atoms with Crippen LogP contribution in [-0.4, -0.2) is 36.6 Å². The molecule has 0 aromatic rings. The Balaban J connectivity index is 3.22. The van der Waals surface area contributed by atoms with Crippen LogP contribution in [0.3, 0.4) is 0 Å². The number of hydrogen-bond donors (Lipinski definition) is 3. The molecule has 0 heterocycles. The van der Waals surface area contributed by atoms with Crippen molar-refractivity contribution in [2.24, 2.45) is 0 Å². The highest BCUT2D eigenvalue weighted by Gasteiger charge is 2.01. The molecule has 0 saturated carbocycles. The fourth-order valence-corrected chi connectivity index (χ4v) is 0.921. The van der Waals surface area contributed by atoms with Gasteiger partial charge in [-0.25, -0.2) is 0 Å². The summed E-state index contributed by atoms with van der Waals surface area (Å²) in [6.07, 6.45) is 2.12. The van der Waals surface area contributed by atoms with Crippen molar-refractivity contribution in [3.8, 4) is 0 Å². The van der Waals surface area contributed by atoms with E-state index in [0.29, 0.717) is 25.9 Å². The smallest absolute Gasteiger partial charge is 0.220 e. The predicted molar refractivity (Wildman–Crippen MR) is 52.6 cm³/mol. The summed E-state index contributed by atoms with van der Waals surface area (Å²) < 4.78 is 0. The quantitative estimate of drug-likeness (QED) is 0.363. The maximum Gasteiger partial charge on any atom is 0.220 e. The van der Waals surface area contributed by atoms with Gasteiger partial charge >= 0.3 is 0 Å². The molecule has 0 saturated heterocycles. The second-order valence-electron chi connectivity index (χ2n) is 3.18. The van der Waals surface area contributed by atoms with Crippen molar-refractivity contribution in [3.05, 3.63) is 0 Å². The fourth-order valence-electron chi connectivity index (χ4n) is 0.921. The van der Waals surface area contributed by atoms with Crippen molar-refractivity contribution >= 4 is 12.3 Å². The molecule has 0 aromatic carbocycles. The summed E-state index contributed by atoms with van der Waals surface area (Å²) in [5.74, 6) is -0.0583. The molecule has 0 aliphatic rings. The number of unbranched alkanes of at least 4 members (excludes halogenated alkanes) is 1. The van der Waals surface area contributed by atoms with Crippen LogP contribution in [0.25, 0.3) is 0 Å². The molecule has 0 aliphatic carbocycles. The molecule has 0 bridgehead atoms. The van der Waals surface area contributed by atoms with Gasteiger partial charge in [-0.3, -0.25) is 9.59 Å². The standard InChI is InChI=1S/C9H18N2O3/c1-8(13)6-11-9(14)4-2-3-5-10-7-12/h7-8,13H,2-6H2,1H3,(H,10,12)(H,11,14). The molecule has 0 spiro atoms. The maximum atomic E-state index is 11.1. The van der Waals surface area contributed by atoms with Crippen LogP contribution in [-0.2, 0) is 9.59 Å². The number of hydrogen-bond acceptors (Lipinski definition) is 3. The zero-order chi connectivity index (χ0) is 10.8. The highest BCUT2D eigenvalue weighted by molar-refractivity contribution is 5.75. The lowest BCUT2D eigenvalue weighted by Crippen LogP contribution is -2.30. The SMILES string of the molecule is CC(O)CNC(=O)CCCCNC=O. The van der Waals surface area contributed by atoms with Gasteiger partial charge in [-0.05, 0) is 19.8 Å². The van der Waals surface area contributed by atoms with E-state index in [1.807, 2.05) is 0 Å². The number of carbonyl (C=O) groups excluding carboxylic acids is 2. The average Bonchev–Trinajstić information content (AvgIpc) is 2.14. The number of carbonyl (C=O) groups is 2. The summed E-state index contributed by atoms with van der Waals surface area (Å²) in [6.45, 7) is 2.52. The van der Waals surface area contributed by atoms with Gasteiger partial charge in [0, 0.05) is 19.5 Å². The van der Waals surface area contributed by atoms with Crippen LogP contribution in [0.2, 0.25) is 0 Å². The first-order valence-corrected chi connectivity index (χ1v) is 4.78. The highest BCUT2D eigenvalue weighted by Crippen LogP contribution is 1.93. The normalized spacial score (nSPS) is 11.9. The number of aliphatic hydroxyl groups excluding tert-OH is 1. The third-order valence-corrected chi connectivity index (χ3v) is 1.65. The van der Waals surface area contributed by atoms with Gasteiger partial charge in [0.15, 0.2) is 0 Å².